The number of hydrogen-bond acceptors (Lipinski definition) is 3. The summed E-state index contributed by atoms with van der Waals surface area (Å²) in [6.07, 6.45) is 8.40. The zero-order valence-electron chi connectivity index (χ0n) is 11.8. The molecule has 0 saturated heterocycles. The average molecular weight is 296 g/mol. The fourth-order valence-corrected chi connectivity index (χ4v) is 3.46. The quantitative estimate of drug-likeness (QED) is 0.801. The van der Waals surface area contributed by atoms with Crippen LogP contribution in [0.1, 0.15) is 44.1 Å². The zero-order chi connectivity index (χ0) is 13.8. The van der Waals surface area contributed by atoms with Crippen LogP contribution in [0.3, 0.4) is 0 Å². The van der Waals surface area contributed by atoms with E-state index in [9.17, 15) is 0 Å². The Hall–Kier alpha value is -0.930. The van der Waals surface area contributed by atoms with E-state index >= 15 is 0 Å². The number of ether oxygens (including phenoxy) is 2. The molecule has 1 aromatic carbocycles. The van der Waals surface area contributed by atoms with Crippen LogP contribution in [0.5, 0.6) is 11.5 Å². The summed E-state index contributed by atoms with van der Waals surface area (Å²) in [5.41, 5.74) is 1.15. The number of nitrogens with one attached hydrogen (secondary N) is 1. The topological polar surface area (TPSA) is 30.5 Å². The van der Waals surface area contributed by atoms with E-state index in [4.69, 9.17) is 21.1 Å². The number of halogens is 1. The van der Waals surface area contributed by atoms with Gasteiger partial charge in [0.1, 0.15) is 0 Å². The second-order valence-electron chi connectivity index (χ2n) is 5.78. The third-order valence-electron chi connectivity index (χ3n) is 4.26. The standard InChI is InChI=1S/C16H22ClNO2/c17-14-8-13(9-15-16(14)20-11-19-15)10-18-7-3-6-12-4-1-2-5-12/h8-9,12,18H,1-7,10-11H2. The molecule has 110 valence electrons. The van der Waals surface area contributed by atoms with Crippen LogP contribution in [0.4, 0.5) is 0 Å². The molecule has 4 heteroatoms. The van der Waals surface area contributed by atoms with Gasteiger partial charge in [0, 0.05) is 6.54 Å². The lowest BCUT2D eigenvalue weighted by Gasteiger charge is -2.10. The van der Waals surface area contributed by atoms with Crippen LogP contribution < -0.4 is 14.8 Å². The maximum atomic E-state index is 6.17. The van der Waals surface area contributed by atoms with E-state index in [2.05, 4.69) is 5.32 Å². The van der Waals surface area contributed by atoms with E-state index in [-0.39, 0.29) is 6.79 Å². The third kappa shape index (κ3) is 3.39. The van der Waals surface area contributed by atoms with Gasteiger partial charge in [0.25, 0.3) is 0 Å². The average Bonchev–Trinajstić information content (AvgIpc) is 3.08. The lowest BCUT2D eigenvalue weighted by molar-refractivity contribution is 0.174. The van der Waals surface area contributed by atoms with Crippen molar-refractivity contribution in [1.29, 1.82) is 0 Å². The van der Waals surface area contributed by atoms with Crippen molar-refractivity contribution in [2.45, 2.75) is 45.1 Å². The minimum absolute atomic E-state index is 0.271. The SMILES string of the molecule is Clc1cc(CNCCCC2CCCC2)cc2c1OCO2. The van der Waals surface area contributed by atoms with Crippen LogP contribution >= 0.6 is 11.6 Å². The summed E-state index contributed by atoms with van der Waals surface area (Å²) in [6.45, 7) is 2.18. The van der Waals surface area contributed by atoms with Crippen molar-refractivity contribution in [2.24, 2.45) is 5.92 Å². The minimum Gasteiger partial charge on any atom is -0.454 e. The minimum atomic E-state index is 0.271. The fraction of sp³-hybridized carbons (Fsp3) is 0.625. The molecule has 2 aliphatic rings. The van der Waals surface area contributed by atoms with E-state index in [1.165, 1.54) is 38.5 Å². The summed E-state index contributed by atoms with van der Waals surface area (Å²) in [5.74, 6) is 2.42. The molecular formula is C16H22ClNO2. The Balaban J connectivity index is 1.41. The summed E-state index contributed by atoms with van der Waals surface area (Å²) in [6, 6.07) is 3.97. The highest BCUT2D eigenvalue weighted by atomic mass is 35.5. The van der Waals surface area contributed by atoms with E-state index in [1.807, 2.05) is 12.1 Å². The Morgan fingerprint density at radius 1 is 1.20 bits per heavy atom. The van der Waals surface area contributed by atoms with Gasteiger partial charge in [-0.3, -0.25) is 0 Å². The van der Waals surface area contributed by atoms with Crippen LogP contribution in [0.2, 0.25) is 5.02 Å². The lowest BCUT2D eigenvalue weighted by Crippen LogP contribution is -2.15. The predicted octanol–water partition coefficient (Wildman–Crippen LogP) is 4.13. The highest BCUT2D eigenvalue weighted by Gasteiger charge is 2.18. The molecular weight excluding hydrogens is 274 g/mol. The molecule has 1 aliphatic carbocycles. The van der Waals surface area contributed by atoms with Gasteiger partial charge in [0.2, 0.25) is 6.79 Å². The van der Waals surface area contributed by atoms with Gasteiger partial charge >= 0.3 is 0 Å². The molecule has 1 saturated carbocycles. The molecule has 0 unspecified atom stereocenters. The van der Waals surface area contributed by atoms with Crippen LogP contribution in [-0.2, 0) is 6.54 Å². The van der Waals surface area contributed by atoms with Crippen molar-refractivity contribution in [1.82, 2.24) is 5.32 Å². The summed E-state index contributed by atoms with van der Waals surface area (Å²) < 4.78 is 10.7. The summed E-state index contributed by atoms with van der Waals surface area (Å²) >= 11 is 6.17. The lowest BCUT2D eigenvalue weighted by atomic mass is 10.0. The van der Waals surface area contributed by atoms with Gasteiger partial charge in [-0.25, -0.2) is 0 Å². The van der Waals surface area contributed by atoms with Gasteiger partial charge in [-0.15, -0.1) is 0 Å². The van der Waals surface area contributed by atoms with Crippen molar-refractivity contribution in [3.8, 4) is 11.5 Å². The normalized spacial score (nSPS) is 17.9. The molecule has 0 atom stereocenters. The highest BCUT2D eigenvalue weighted by molar-refractivity contribution is 6.32. The number of benzene rings is 1. The van der Waals surface area contributed by atoms with E-state index in [0.29, 0.717) is 10.8 Å². The van der Waals surface area contributed by atoms with Gasteiger partial charge in [-0.2, -0.15) is 0 Å². The van der Waals surface area contributed by atoms with Crippen molar-refractivity contribution < 1.29 is 9.47 Å². The van der Waals surface area contributed by atoms with E-state index in [0.717, 1.165) is 30.3 Å². The first kappa shape index (κ1) is 14.0. The van der Waals surface area contributed by atoms with Crippen molar-refractivity contribution in [2.75, 3.05) is 13.3 Å². The molecule has 0 radical (unpaired) electrons. The van der Waals surface area contributed by atoms with Gasteiger partial charge < -0.3 is 14.8 Å². The zero-order valence-corrected chi connectivity index (χ0v) is 12.5. The molecule has 0 aromatic heterocycles. The van der Waals surface area contributed by atoms with Crippen LogP contribution in [-0.4, -0.2) is 13.3 Å². The van der Waals surface area contributed by atoms with Gasteiger partial charge in [0.15, 0.2) is 11.5 Å². The highest BCUT2D eigenvalue weighted by Crippen LogP contribution is 2.39. The Morgan fingerprint density at radius 3 is 2.90 bits per heavy atom. The first-order valence-electron chi connectivity index (χ1n) is 7.61. The molecule has 1 aromatic rings. The molecule has 1 heterocycles. The molecule has 3 rings (SSSR count). The summed E-state index contributed by atoms with van der Waals surface area (Å²) in [4.78, 5) is 0. The van der Waals surface area contributed by atoms with Crippen LogP contribution in [0, 0.1) is 5.92 Å². The molecule has 20 heavy (non-hydrogen) atoms. The van der Waals surface area contributed by atoms with Crippen molar-refractivity contribution in [3.63, 3.8) is 0 Å². The number of rotatable bonds is 6. The van der Waals surface area contributed by atoms with Crippen LogP contribution in [0.25, 0.3) is 0 Å². The largest absolute Gasteiger partial charge is 0.454 e. The van der Waals surface area contributed by atoms with Gasteiger partial charge in [-0.1, -0.05) is 37.3 Å². The van der Waals surface area contributed by atoms with Crippen molar-refractivity contribution >= 4 is 11.6 Å². The van der Waals surface area contributed by atoms with E-state index in [1.54, 1.807) is 0 Å². The molecule has 3 nitrogen and oxygen atoms in total. The second kappa shape index (κ2) is 6.68. The molecule has 0 bridgehead atoms. The van der Waals surface area contributed by atoms with Crippen LogP contribution in [0.15, 0.2) is 12.1 Å². The van der Waals surface area contributed by atoms with Crippen molar-refractivity contribution in [3.05, 3.63) is 22.7 Å². The molecule has 1 fully saturated rings. The first-order chi connectivity index (χ1) is 9.83. The second-order valence-corrected chi connectivity index (χ2v) is 6.19. The first-order valence-corrected chi connectivity index (χ1v) is 7.99. The molecule has 1 aliphatic heterocycles. The molecule has 1 N–H and O–H groups in total. The number of fused-ring (bicyclic) bond motifs is 1. The summed E-state index contributed by atoms with van der Waals surface area (Å²) in [7, 11) is 0. The Labute approximate surface area is 125 Å². The third-order valence-corrected chi connectivity index (χ3v) is 4.54. The van der Waals surface area contributed by atoms with Gasteiger partial charge in [-0.05, 0) is 43.0 Å². The smallest absolute Gasteiger partial charge is 0.231 e. The maximum absolute atomic E-state index is 6.17. The van der Waals surface area contributed by atoms with E-state index < -0.39 is 0 Å². The Bertz CT molecular complexity index is 458. The monoisotopic (exact) mass is 295 g/mol. The van der Waals surface area contributed by atoms with Gasteiger partial charge in [0.05, 0.1) is 5.02 Å². The maximum Gasteiger partial charge on any atom is 0.231 e. The fourth-order valence-electron chi connectivity index (χ4n) is 3.17. The predicted molar refractivity (Wildman–Crippen MR) is 80.5 cm³/mol. The number of hydrogen-bond donors (Lipinski definition) is 1. The Morgan fingerprint density at radius 2 is 2.05 bits per heavy atom. The molecule has 0 amide bonds. The summed E-state index contributed by atoms with van der Waals surface area (Å²) in [5, 5.41) is 4.13. The molecule has 0 spiro atoms. The Kier molecular flexibility index (Phi) is 4.69.